The molecule has 0 aliphatic carbocycles. The van der Waals surface area contributed by atoms with Crippen molar-refractivity contribution in [3.05, 3.63) is 30.4 Å². The van der Waals surface area contributed by atoms with Gasteiger partial charge in [0.2, 0.25) is 0 Å². The van der Waals surface area contributed by atoms with Crippen LogP contribution in [0.1, 0.15) is 5.69 Å². The van der Waals surface area contributed by atoms with Crippen molar-refractivity contribution in [1.29, 1.82) is 0 Å². The molecule has 0 atom stereocenters. The van der Waals surface area contributed by atoms with E-state index >= 15 is 0 Å². The monoisotopic (exact) mass is 137 g/mol. The van der Waals surface area contributed by atoms with Gasteiger partial charge in [-0.15, -0.1) is 11.3 Å². The van der Waals surface area contributed by atoms with Crippen LogP contribution in [0.3, 0.4) is 0 Å². The molecule has 2 heterocycles. The van der Waals surface area contributed by atoms with Crippen LogP contribution in [0.4, 0.5) is 0 Å². The number of hydrogen-bond donors (Lipinski definition) is 0. The SMILES string of the molecule is [CH2]c1cn2ccsc2n1. The van der Waals surface area contributed by atoms with Crippen molar-refractivity contribution in [2.24, 2.45) is 0 Å². The highest BCUT2D eigenvalue weighted by molar-refractivity contribution is 7.15. The Morgan fingerprint density at radius 1 is 1.67 bits per heavy atom. The largest absolute Gasteiger partial charge is 0.297 e. The molecule has 0 fully saturated rings. The first-order valence-electron chi connectivity index (χ1n) is 2.60. The fourth-order valence-electron chi connectivity index (χ4n) is 0.776. The number of imidazole rings is 1. The Hall–Kier alpha value is -0.830. The van der Waals surface area contributed by atoms with E-state index in [-0.39, 0.29) is 0 Å². The summed E-state index contributed by atoms with van der Waals surface area (Å²) >= 11 is 1.62. The molecule has 0 aliphatic rings. The number of thiazole rings is 1. The highest BCUT2D eigenvalue weighted by atomic mass is 32.1. The van der Waals surface area contributed by atoms with Gasteiger partial charge in [-0.3, -0.25) is 4.40 Å². The highest BCUT2D eigenvalue weighted by Gasteiger charge is 1.94. The van der Waals surface area contributed by atoms with Gasteiger partial charge in [0.05, 0.1) is 5.69 Å². The Balaban J connectivity index is 2.92. The predicted molar refractivity (Wildman–Crippen MR) is 37.5 cm³/mol. The smallest absolute Gasteiger partial charge is 0.193 e. The van der Waals surface area contributed by atoms with E-state index in [9.17, 15) is 0 Å². The highest BCUT2D eigenvalue weighted by Crippen LogP contribution is 2.09. The molecule has 0 saturated heterocycles. The summed E-state index contributed by atoms with van der Waals surface area (Å²) < 4.78 is 1.97. The zero-order valence-corrected chi connectivity index (χ0v) is 5.56. The average Bonchev–Trinajstić information content (AvgIpc) is 2.22. The molecule has 0 N–H and O–H groups in total. The molecule has 2 aromatic heterocycles. The zero-order chi connectivity index (χ0) is 6.27. The molecular weight excluding hydrogens is 132 g/mol. The average molecular weight is 137 g/mol. The molecule has 0 amide bonds. The van der Waals surface area contributed by atoms with Crippen molar-refractivity contribution in [2.75, 3.05) is 0 Å². The van der Waals surface area contributed by atoms with Gasteiger partial charge >= 0.3 is 0 Å². The Morgan fingerprint density at radius 2 is 2.56 bits per heavy atom. The second-order valence-corrected chi connectivity index (χ2v) is 2.70. The summed E-state index contributed by atoms with van der Waals surface area (Å²) in [7, 11) is 0. The van der Waals surface area contributed by atoms with Gasteiger partial charge < -0.3 is 0 Å². The minimum atomic E-state index is 0.835. The standard InChI is InChI=1S/C6H5N2S/c1-5-4-8-2-3-9-6(8)7-5/h2-4H,1H2. The predicted octanol–water partition coefficient (Wildman–Crippen LogP) is 1.58. The summed E-state index contributed by atoms with van der Waals surface area (Å²) in [6.45, 7) is 3.70. The van der Waals surface area contributed by atoms with Gasteiger partial charge in [0.25, 0.3) is 0 Å². The summed E-state index contributed by atoms with van der Waals surface area (Å²) in [5.41, 5.74) is 0.835. The fraction of sp³-hybridized carbons (Fsp3) is 0. The third-order valence-electron chi connectivity index (χ3n) is 1.14. The summed E-state index contributed by atoms with van der Waals surface area (Å²) in [6.07, 6.45) is 3.88. The molecule has 1 radical (unpaired) electrons. The van der Waals surface area contributed by atoms with Gasteiger partial charge in [0, 0.05) is 17.8 Å². The minimum absolute atomic E-state index is 0.835. The summed E-state index contributed by atoms with van der Waals surface area (Å²) in [6, 6.07) is 0. The lowest BCUT2D eigenvalue weighted by atomic mass is 10.6. The van der Waals surface area contributed by atoms with Crippen molar-refractivity contribution in [3.8, 4) is 0 Å². The van der Waals surface area contributed by atoms with Crippen LogP contribution in [0, 0.1) is 6.92 Å². The third-order valence-corrected chi connectivity index (χ3v) is 1.91. The molecule has 0 saturated carbocycles. The van der Waals surface area contributed by atoms with Gasteiger partial charge in [-0.25, -0.2) is 4.98 Å². The first kappa shape index (κ1) is 4.99. The molecule has 9 heavy (non-hydrogen) atoms. The van der Waals surface area contributed by atoms with Crippen molar-refractivity contribution in [1.82, 2.24) is 9.38 Å². The fourth-order valence-corrected chi connectivity index (χ4v) is 1.50. The molecule has 0 spiro atoms. The molecule has 2 aromatic rings. The lowest BCUT2D eigenvalue weighted by molar-refractivity contribution is 1.23. The number of rotatable bonds is 0. The maximum atomic E-state index is 4.14. The maximum Gasteiger partial charge on any atom is 0.193 e. The van der Waals surface area contributed by atoms with Crippen LogP contribution in [0.15, 0.2) is 17.8 Å². The van der Waals surface area contributed by atoms with E-state index < -0.39 is 0 Å². The summed E-state index contributed by atoms with van der Waals surface area (Å²) in [5, 5.41) is 2.00. The van der Waals surface area contributed by atoms with E-state index in [4.69, 9.17) is 0 Å². The Kier molecular flexibility index (Phi) is 0.873. The van der Waals surface area contributed by atoms with Crippen LogP contribution in [-0.2, 0) is 0 Å². The second kappa shape index (κ2) is 1.57. The Bertz CT molecular complexity index is 292. The van der Waals surface area contributed by atoms with Crippen LogP contribution >= 0.6 is 11.3 Å². The third kappa shape index (κ3) is 0.650. The van der Waals surface area contributed by atoms with Gasteiger partial charge in [-0.2, -0.15) is 0 Å². The van der Waals surface area contributed by atoms with Gasteiger partial charge in [-0.1, -0.05) is 0 Å². The molecule has 2 rings (SSSR count). The van der Waals surface area contributed by atoms with E-state index in [1.165, 1.54) is 0 Å². The van der Waals surface area contributed by atoms with Crippen LogP contribution in [0.25, 0.3) is 4.96 Å². The summed E-state index contributed by atoms with van der Waals surface area (Å²) in [4.78, 5) is 5.16. The van der Waals surface area contributed by atoms with Gasteiger partial charge in [0.15, 0.2) is 4.96 Å². The lowest BCUT2D eigenvalue weighted by Gasteiger charge is -1.72. The first-order chi connectivity index (χ1) is 4.36. The Morgan fingerprint density at radius 3 is 3.33 bits per heavy atom. The van der Waals surface area contributed by atoms with E-state index in [0.29, 0.717) is 0 Å². The molecule has 3 heteroatoms. The number of fused-ring (bicyclic) bond motifs is 1. The van der Waals surface area contributed by atoms with E-state index in [2.05, 4.69) is 11.9 Å². The molecule has 0 aliphatic heterocycles. The zero-order valence-electron chi connectivity index (χ0n) is 4.74. The van der Waals surface area contributed by atoms with Crippen molar-refractivity contribution in [3.63, 3.8) is 0 Å². The van der Waals surface area contributed by atoms with E-state index in [0.717, 1.165) is 10.7 Å². The second-order valence-electron chi connectivity index (χ2n) is 1.83. The molecule has 2 nitrogen and oxygen atoms in total. The van der Waals surface area contributed by atoms with Crippen LogP contribution in [-0.4, -0.2) is 9.38 Å². The Labute approximate surface area is 56.8 Å². The number of hydrogen-bond acceptors (Lipinski definition) is 2. The van der Waals surface area contributed by atoms with Crippen molar-refractivity contribution >= 4 is 16.3 Å². The normalized spacial score (nSPS) is 10.8. The topological polar surface area (TPSA) is 17.3 Å². The van der Waals surface area contributed by atoms with Gasteiger partial charge in [0.1, 0.15) is 0 Å². The quantitative estimate of drug-likeness (QED) is 0.539. The van der Waals surface area contributed by atoms with Crippen molar-refractivity contribution in [2.45, 2.75) is 0 Å². The molecule has 0 aromatic carbocycles. The first-order valence-corrected chi connectivity index (χ1v) is 3.48. The summed E-state index contributed by atoms with van der Waals surface area (Å²) in [5.74, 6) is 0. The molecule has 0 bridgehead atoms. The lowest BCUT2D eigenvalue weighted by Crippen LogP contribution is -1.66. The van der Waals surface area contributed by atoms with Crippen molar-refractivity contribution < 1.29 is 0 Å². The van der Waals surface area contributed by atoms with E-state index in [1.54, 1.807) is 11.3 Å². The van der Waals surface area contributed by atoms with Crippen LogP contribution < -0.4 is 0 Å². The number of aromatic nitrogens is 2. The van der Waals surface area contributed by atoms with E-state index in [1.807, 2.05) is 22.2 Å². The maximum absolute atomic E-state index is 4.14. The van der Waals surface area contributed by atoms with Crippen LogP contribution in [0.5, 0.6) is 0 Å². The molecule has 45 valence electrons. The number of nitrogens with zero attached hydrogens (tertiary/aromatic N) is 2. The minimum Gasteiger partial charge on any atom is -0.297 e. The molecule has 0 unspecified atom stereocenters. The van der Waals surface area contributed by atoms with Gasteiger partial charge in [-0.05, 0) is 6.92 Å². The molecular formula is C6H5N2S. The van der Waals surface area contributed by atoms with Crippen LogP contribution in [0.2, 0.25) is 0 Å².